The standard InChI is InChI=1S/C25H18Cl2N2O5/c1-32-16-7-5-14(6-8-16)13-33-20-11-15(26)12-28-24(20)29-10-9-18-21(30)17-3-2-4-19(27)22(17)34-23(18)25(29)31/h2-8,11-12H,9-10,13H2,1H3. The number of para-hydroxylation sites is 1. The van der Waals surface area contributed by atoms with E-state index >= 15 is 0 Å². The van der Waals surface area contributed by atoms with E-state index in [0.29, 0.717) is 28.1 Å². The van der Waals surface area contributed by atoms with Gasteiger partial charge in [0.2, 0.25) is 0 Å². The number of amides is 1. The summed E-state index contributed by atoms with van der Waals surface area (Å²) < 4.78 is 17.0. The Bertz CT molecular complexity index is 1470. The van der Waals surface area contributed by atoms with Crippen LogP contribution < -0.4 is 19.8 Å². The molecule has 1 amide bonds. The van der Waals surface area contributed by atoms with Crippen molar-refractivity contribution in [3.8, 4) is 11.5 Å². The maximum absolute atomic E-state index is 13.4. The average Bonchev–Trinajstić information content (AvgIpc) is 2.85. The minimum absolute atomic E-state index is 0.0466. The van der Waals surface area contributed by atoms with E-state index in [2.05, 4.69) is 4.98 Å². The third-order valence-electron chi connectivity index (χ3n) is 5.60. The van der Waals surface area contributed by atoms with Gasteiger partial charge in [0.15, 0.2) is 28.3 Å². The van der Waals surface area contributed by atoms with E-state index in [1.54, 1.807) is 31.4 Å². The molecule has 172 valence electrons. The van der Waals surface area contributed by atoms with Crippen LogP contribution in [-0.4, -0.2) is 24.5 Å². The molecule has 34 heavy (non-hydrogen) atoms. The van der Waals surface area contributed by atoms with E-state index < -0.39 is 5.91 Å². The number of ether oxygens (including phenoxy) is 2. The monoisotopic (exact) mass is 496 g/mol. The van der Waals surface area contributed by atoms with Crippen LogP contribution in [0.4, 0.5) is 5.82 Å². The first-order chi connectivity index (χ1) is 16.5. The van der Waals surface area contributed by atoms with Crippen LogP contribution in [0.1, 0.15) is 21.7 Å². The molecule has 0 saturated heterocycles. The maximum atomic E-state index is 13.4. The second-order valence-electron chi connectivity index (χ2n) is 7.67. The fraction of sp³-hybridized carbons (Fsp3) is 0.160. The highest BCUT2D eigenvalue weighted by Crippen LogP contribution is 2.34. The molecule has 4 aromatic rings. The van der Waals surface area contributed by atoms with Gasteiger partial charge in [-0.05, 0) is 36.2 Å². The average molecular weight is 497 g/mol. The van der Waals surface area contributed by atoms with Gasteiger partial charge in [0.25, 0.3) is 5.91 Å². The van der Waals surface area contributed by atoms with Crippen molar-refractivity contribution in [2.24, 2.45) is 0 Å². The topological polar surface area (TPSA) is 81.9 Å². The number of halogens is 2. The van der Waals surface area contributed by atoms with E-state index in [9.17, 15) is 9.59 Å². The van der Waals surface area contributed by atoms with Gasteiger partial charge in [0, 0.05) is 18.8 Å². The number of carbonyl (C=O) groups excluding carboxylic acids is 1. The summed E-state index contributed by atoms with van der Waals surface area (Å²) in [5, 5.41) is 0.971. The van der Waals surface area contributed by atoms with Crippen molar-refractivity contribution < 1.29 is 18.7 Å². The Kier molecular flexibility index (Phi) is 5.89. The van der Waals surface area contributed by atoms with E-state index in [1.807, 2.05) is 24.3 Å². The number of anilines is 1. The summed E-state index contributed by atoms with van der Waals surface area (Å²) in [5.41, 5.74) is 1.15. The first kappa shape index (κ1) is 22.3. The molecule has 1 aliphatic heterocycles. The number of aromatic nitrogens is 1. The van der Waals surface area contributed by atoms with Crippen molar-refractivity contribution >= 4 is 45.9 Å². The molecule has 2 aromatic heterocycles. The van der Waals surface area contributed by atoms with Gasteiger partial charge in [-0.25, -0.2) is 4.98 Å². The fourth-order valence-corrected chi connectivity index (χ4v) is 4.24. The summed E-state index contributed by atoms with van der Waals surface area (Å²) >= 11 is 12.4. The zero-order chi connectivity index (χ0) is 23.8. The Labute approximate surface area is 204 Å². The van der Waals surface area contributed by atoms with Gasteiger partial charge in [-0.2, -0.15) is 0 Å². The quantitative estimate of drug-likeness (QED) is 0.373. The number of carbonyl (C=O) groups is 1. The van der Waals surface area contributed by atoms with Crippen LogP contribution in [0, 0.1) is 0 Å². The summed E-state index contributed by atoms with van der Waals surface area (Å²) in [7, 11) is 1.60. The minimum atomic E-state index is -0.496. The third-order valence-corrected chi connectivity index (χ3v) is 6.10. The number of methoxy groups -OCH3 is 1. The van der Waals surface area contributed by atoms with Crippen molar-refractivity contribution in [3.05, 3.63) is 91.9 Å². The van der Waals surface area contributed by atoms with Crippen LogP contribution in [0.15, 0.2) is 63.9 Å². The predicted octanol–water partition coefficient (Wildman–Crippen LogP) is 5.29. The molecule has 0 unspecified atom stereocenters. The van der Waals surface area contributed by atoms with E-state index in [4.69, 9.17) is 37.1 Å². The normalized spacial score (nSPS) is 13.1. The largest absolute Gasteiger partial charge is 0.497 e. The van der Waals surface area contributed by atoms with Crippen LogP contribution in [0.2, 0.25) is 10.0 Å². The number of hydrogen-bond acceptors (Lipinski definition) is 6. The summed E-state index contributed by atoms with van der Waals surface area (Å²) in [6.07, 6.45) is 1.74. The van der Waals surface area contributed by atoms with E-state index in [-0.39, 0.29) is 40.8 Å². The SMILES string of the molecule is COc1ccc(COc2cc(Cl)cnc2N2CCc3c(oc4c(Cl)cccc4c3=O)C2=O)cc1. The lowest BCUT2D eigenvalue weighted by molar-refractivity contribution is 0.0950. The number of nitrogens with zero attached hydrogens (tertiary/aromatic N) is 2. The molecule has 0 fully saturated rings. The summed E-state index contributed by atoms with van der Waals surface area (Å²) in [5.74, 6) is 0.816. The fourth-order valence-electron chi connectivity index (χ4n) is 3.88. The van der Waals surface area contributed by atoms with Gasteiger partial charge in [-0.3, -0.25) is 14.5 Å². The highest BCUT2D eigenvalue weighted by molar-refractivity contribution is 6.34. The molecule has 2 aromatic carbocycles. The maximum Gasteiger partial charge on any atom is 0.295 e. The van der Waals surface area contributed by atoms with Crippen molar-refractivity contribution in [2.45, 2.75) is 13.0 Å². The molecular formula is C25H18Cl2N2O5. The van der Waals surface area contributed by atoms with Gasteiger partial charge in [-0.15, -0.1) is 0 Å². The number of pyridine rings is 1. The Morgan fingerprint density at radius 1 is 1.12 bits per heavy atom. The zero-order valence-corrected chi connectivity index (χ0v) is 19.5. The van der Waals surface area contributed by atoms with Crippen molar-refractivity contribution in [2.75, 3.05) is 18.6 Å². The van der Waals surface area contributed by atoms with Crippen molar-refractivity contribution in [1.82, 2.24) is 4.98 Å². The first-order valence-corrected chi connectivity index (χ1v) is 11.2. The van der Waals surface area contributed by atoms with E-state index in [1.165, 1.54) is 11.1 Å². The molecule has 1 aliphatic rings. The number of hydrogen-bond donors (Lipinski definition) is 0. The molecule has 0 N–H and O–H groups in total. The van der Waals surface area contributed by atoms with Crippen LogP contribution in [0.5, 0.6) is 11.5 Å². The molecule has 0 radical (unpaired) electrons. The van der Waals surface area contributed by atoms with Crippen LogP contribution >= 0.6 is 23.2 Å². The summed E-state index contributed by atoms with van der Waals surface area (Å²) in [6, 6.07) is 13.9. The highest BCUT2D eigenvalue weighted by Gasteiger charge is 2.33. The van der Waals surface area contributed by atoms with Gasteiger partial charge in [-0.1, -0.05) is 41.4 Å². The molecule has 0 atom stereocenters. The molecule has 7 nitrogen and oxygen atoms in total. The Morgan fingerprint density at radius 2 is 1.91 bits per heavy atom. The lowest BCUT2D eigenvalue weighted by atomic mass is 10.0. The molecular weight excluding hydrogens is 479 g/mol. The number of rotatable bonds is 5. The molecule has 3 heterocycles. The highest BCUT2D eigenvalue weighted by atomic mass is 35.5. The first-order valence-electron chi connectivity index (χ1n) is 10.4. The van der Waals surface area contributed by atoms with Crippen LogP contribution in [-0.2, 0) is 13.0 Å². The molecule has 0 saturated carbocycles. The Hall–Kier alpha value is -3.55. The smallest absolute Gasteiger partial charge is 0.295 e. The minimum Gasteiger partial charge on any atom is -0.497 e. The lowest BCUT2D eigenvalue weighted by Gasteiger charge is -2.28. The number of benzene rings is 2. The Morgan fingerprint density at radius 3 is 2.68 bits per heavy atom. The van der Waals surface area contributed by atoms with Crippen molar-refractivity contribution in [1.29, 1.82) is 0 Å². The molecule has 9 heteroatoms. The van der Waals surface area contributed by atoms with Crippen LogP contribution in [0.25, 0.3) is 11.0 Å². The second kappa shape index (κ2) is 9.00. The third kappa shape index (κ3) is 3.97. The molecule has 0 aliphatic carbocycles. The number of fused-ring (bicyclic) bond motifs is 2. The van der Waals surface area contributed by atoms with Gasteiger partial charge in [0.1, 0.15) is 12.4 Å². The lowest BCUT2D eigenvalue weighted by Crippen LogP contribution is -2.40. The summed E-state index contributed by atoms with van der Waals surface area (Å²) in [4.78, 5) is 32.2. The predicted molar refractivity (Wildman–Crippen MR) is 129 cm³/mol. The van der Waals surface area contributed by atoms with Gasteiger partial charge >= 0.3 is 0 Å². The zero-order valence-electron chi connectivity index (χ0n) is 18.0. The second-order valence-corrected chi connectivity index (χ2v) is 8.52. The van der Waals surface area contributed by atoms with Gasteiger partial charge in [0.05, 0.1) is 28.1 Å². The van der Waals surface area contributed by atoms with Gasteiger partial charge < -0.3 is 13.9 Å². The Balaban J connectivity index is 1.49. The molecule has 0 spiro atoms. The van der Waals surface area contributed by atoms with Crippen molar-refractivity contribution in [3.63, 3.8) is 0 Å². The molecule has 5 rings (SSSR count). The summed E-state index contributed by atoms with van der Waals surface area (Å²) in [6.45, 7) is 0.461. The van der Waals surface area contributed by atoms with Crippen LogP contribution in [0.3, 0.4) is 0 Å². The molecule has 0 bridgehead atoms. The van der Waals surface area contributed by atoms with E-state index in [0.717, 1.165) is 11.3 Å².